The third-order valence-electron chi connectivity index (χ3n) is 2.43. The summed E-state index contributed by atoms with van der Waals surface area (Å²) in [6.45, 7) is 2.91. The molecule has 1 heterocycles. The standard InChI is InChI=1S/C13H17N5O/c1-3-7-14-13-17-12(9-15-18-13)16-10-5-4-6-11(8-10)19-2/h4-6,8-9H,3,7H2,1-2H3,(H2,14,16,17,18). The van der Waals surface area contributed by atoms with Crippen LogP contribution in [0.2, 0.25) is 0 Å². The van der Waals surface area contributed by atoms with Gasteiger partial charge in [0.15, 0.2) is 5.82 Å². The van der Waals surface area contributed by atoms with Gasteiger partial charge in [-0.1, -0.05) is 13.0 Å². The molecule has 0 atom stereocenters. The summed E-state index contributed by atoms with van der Waals surface area (Å²) in [4.78, 5) is 4.32. The van der Waals surface area contributed by atoms with Crippen molar-refractivity contribution < 1.29 is 4.74 Å². The van der Waals surface area contributed by atoms with Gasteiger partial charge in [-0.3, -0.25) is 0 Å². The summed E-state index contributed by atoms with van der Waals surface area (Å²) in [6, 6.07) is 7.62. The van der Waals surface area contributed by atoms with E-state index in [1.54, 1.807) is 13.3 Å². The van der Waals surface area contributed by atoms with Gasteiger partial charge in [-0.25, -0.2) is 0 Å². The second kappa shape index (κ2) is 6.53. The highest BCUT2D eigenvalue weighted by Crippen LogP contribution is 2.19. The SMILES string of the molecule is CCCNc1nncc(Nc2cccc(OC)c2)n1. The van der Waals surface area contributed by atoms with Crippen molar-refractivity contribution >= 4 is 17.5 Å². The number of methoxy groups -OCH3 is 1. The summed E-state index contributed by atoms with van der Waals surface area (Å²) < 4.78 is 5.17. The molecule has 0 unspecified atom stereocenters. The van der Waals surface area contributed by atoms with Gasteiger partial charge in [-0.05, 0) is 18.6 Å². The number of ether oxygens (including phenoxy) is 1. The Morgan fingerprint density at radius 3 is 3.00 bits per heavy atom. The molecule has 2 aromatic rings. The Kier molecular flexibility index (Phi) is 4.49. The van der Waals surface area contributed by atoms with Gasteiger partial charge in [0.05, 0.1) is 13.3 Å². The molecule has 1 aromatic carbocycles. The fourth-order valence-electron chi connectivity index (χ4n) is 1.52. The summed E-state index contributed by atoms with van der Waals surface area (Å²) in [7, 11) is 1.64. The summed E-state index contributed by atoms with van der Waals surface area (Å²) in [6.07, 6.45) is 2.59. The van der Waals surface area contributed by atoms with Crippen LogP contribution < -0.4 is 15.4 Å². The highest BCUT2D eigenvalue weighted by molar-refractivity contribution is 5.58. The van der Waals surface area contributed by atoms with Crippen molar-refractivity contribution in [2.45, 2.75) is 13.3 Å². The first-order valence-electron chi connectivity index (χ1n) is 6.16. The Hall–Kier alpha value is -2.37. The number of rotatable bonds is 6. The summed E-state index contributed by atoms with van der Waals surface area (Å²) in [5.74, 6) is 1.95. The van der Waals surface area contributed by atoms with Gasteiger partial charge in [0.1, 0.15) is 5.75 Å². The molecule has 6 heteroatoms. The fraction of sp³-hybridized carbons (Fsp3) is 0.308. The Morgan fingerprint density at radius 1 is 1.32 bits per heavy atom. The number of nitrogens with one attached hydrogen (secondary N) is 2. The minimum Gasteiger partial charge on any atom is -0.497 e. The van der Waals surface area contributed by atoms with Crippen LogP contribution in [0.15, 0.2) is 30.5 Å². The first-order valence-corrected chi connectivity index (χ1v) is 6.16. The molecule has 0 radical (unpaired) electrons. The Morgan fingerprint density at radius 2 is 2.21 bits per heavy atom. The van der Waals surface area contributed by atoms with Crippen LogP contribution in [0.5, 0.6) is 5.75 Å². The van der Waals surface area contributed by atoms with Crippen LogP contribution in [0.1, 0.15) is 13.3 Å². The molecule has 0 saturated heterocycles. The lowest BCUT2D eigenvalue weighted by molar-refractivity contribution is 0.415. The molecule has 2 N–H and O–H groups in total. The lowest BCUT2D eigenvalue weighted by atomic mass is 10.3. The van der Waals surface area contributed by atoms with Gasteiger partial charge in [-0.15, -0.1) is 5.10 Å². The van der Waals surface area contributed by atoms with Gasteiger partial charge < -0.3 is 15.4 Å². The van der Waals surface area contributed by atoms with E-state index in [0.29, 0.717) is 11.8 Å². The zero-order chi connectivity index (χ0) is 13.5. The minimum absolute atomic E-state index is 0.523. The maximum Gasteiger partial charge on any atom is 0.244 e. The molecule has 0 fully saturated rings. The van der Waals surface area contributed by atoms with Crippen LogP contribution >= 0.6 is 0 Å². The highest BCUT2D eigenvalue weighted by Gasteiger charge is 2.01. The summed E-state index contributed by atoms with van der Waals surface area (Å²) in [5, 5.41) is 14.1. The van der Waals surface area contributed by atoms with E-state index in [1.807, 2.05) is 24.3 Å². The molecule has 0 bridgehead atoms. The molecule has 0 amide bonds. The fourth-order valence-corrected chi connectivity index (χ4v) is 1.52. The van der Waals surface area contributed by atoms with Crippen molar-refractivity contribution in [2.75, 3.05) is 24.3 Å². The second-order valence-corrected chi connectivity index (χ2v) is 3.95. The number of anilines is 3. The molecule has 1 aromatic heterocycles. The second-order valence-electron chi connectivity index (χ2n) is 3.95. The lowest BCUT2D eigenvalue weighted by Gasteiger charge is -2.08. The van der Waals surface area contributed by atoms with Crippen molar-refractivity contribution in [3.05, 3.63) is 30.5 Å². The number of hydrogen-bond acceptors (Lipinski definition) is 6. The van der Waals surface area contributed by atoms with Crippen molar-refractivity contribution in [1.82, 2.24) is 15.2 Å². The van der Waals surface area contributed by atoms with Crippen LogP contribution in [-0.2, 0) is 0 Å². The number of benzene rings is 1. The topological polar surface area (TPSA) is 72.0 Å². The zero-order valence-electron chi connectivity index (χ0n) is 11.1. The quantitative estimate of drug-likeness (QED) is 0.830. The maximum absolute atomic E-state index is 5.17. The number of hydrogen-bond donors (Lipinski definition) is 2. The first kappa shape index (κ1) is 13.1. The summed E-state index contributed by atoms with van der Waals surface area (Å²) in [5.41, 5.74) is 0.890. The molecule has 0 aliphatic carbocycles. The van der Waals surface area contributed by atoms with Crippen molar-refractivity contribution in [3.8, 4) is 5.75 Å². The van der Waals surface area contributed by atoms with Crippen molar-refractivity contribution in [1.29, 1.82) is 0 Å². The van der Waals surface area contributed by atoms with Gasteiger partial charge in [0.25, 0.3) is 0 Å². The molecule has 6 nitrogen and oxygen atoms in total. The van der Waals surface area contributed by atoms with E-state index in [4.69, 9.17) is 4.74 Å². The monoisotopic (exact) mass is 259 g/mol. The van der Waals surface area contributed by atoms with Gasteiger partial charge in [0, 0.05) is 18.3 Å². The van der Waals surface area contributed by atoms with Crippen LogP contribution in [0.4, 0.5) is 17.5 Å². The normalized spacial score (nSPS) is 10.0. The van der Waals surface area contributed by atoms with Crippen molar-refractivity contribution in [2.24, 2.45) is 0 Å². The van der Waals surface area contributed by atoms with E-state index in [9.17, 15) is 0 Å². The molecule has 0 aliphatic rings. The smallest absolute Gasteiger partial charge is 0.244 e. The Bertz CT molecular complexity index is 532. The van der Waals surface area contributed by atoms with Crippen LogP contribution in [-0.4, -0.2) is 28.8 Å². The largest absolute Gasteiger partial charge is 0.497 e. The Labute approximate surface area is 112 Å². The molecular weight excluding hydrogens is 242 g/mol. The minimum atomic E-state index is 0.523. The predicted octanol–water partition coefficient (Wildman–Crippen LogP) is 2.45. The predicted molar refractivity (Wildman–Crippen MR) is 74.9 cm³/mol. The molecular formula is C13H17N5O. The molecule has 19 heavy (non-hydrogen) atoms. The van der Waals surface area contributed by atoms with E-state index in [-0.39, 0.29) is 0 Å². The van der Waals surface area contributed by atoms with Crippen LogP contribution in [0, 0.1) is 0 Å². The van der Waals surface area contributed by atoms with Gasteiger partial charge in [-0.2, -0.15) is 10.1 Å². The van der Waals surface area contributed by atoms with Crippen LogP contribution in [0.3, 0.4) is 0 Å². The van der Waals surface area contributed by atoms with E-state index < -0.39 is 0 Å². The maximum atomic E-state index is 5.17. The molecule has 0 saturated carbocycles. The van der Waals surface area contributed by atoms with Crippen LogP contribution in [0.25, 0.3) is 0 Å². The van der Waals surface area contributed by atoms with E-state index >= 15 is 0 Å². The van der Waals surface area contributed by atoms with E-state index in [1.165, 1.54) is 0 Å². The molecule has 0 aliphatic heterocycles. The Balaban J connectivity index is 2.09. The number of nitrogens with zero attached hydrogens (tertiary/aromatic N) is 3. The van der Waals surface area contributed by atoms with Gasteiger partial charge in [0.2, 0.25) is 5.95 Å². The van der Waals surface area contributed by atoms with E-state index in [2.05, 4.69) is 32.7 Å². The molecule has 0 spiro atoms. The molecule has 100 valence electrons. The third-order valence-corrected chi connectivity index (χ3v) is 2.43. The first-order chi connectivity index (χ1) is 9.31. The third kappa shape index (κ3) is 3.80. The highest BCUT2D eigenvalue weighted by atomic mass is 16.5. The van der Waals surface area contributed by atoms with Crippen molar-refractivity contribution in [3.63, 3.8) is 0 Å². The number of aromatic nitrogens is 3. The molecule has 2 rings (SSSR count). The van der Waals surface area contributed by atoms with E-state index in [0.717, 1.165) is 24.4 Å². The zero-order valence-corrected chi connectivity index (χ0v) is 11.1. The average Bonchev–Trinajstić information content (AvgIpc) is 2.46. The van der Waals surface area contributed by atoms with Gasteiger partial charge >= 0.3 is 0 Å². The lowest BCUT2D eigenvalue weighted by Crippen LogP contribution is -2.06. The average molecular weight is 259 g/mol. The summed E-state index contributed by atoms with van der Waals surface area (Å²) >= 11 is 0.